The van der Waals surface area contributed by atoms with Crippen LogP contribution in [0.25, 0.3) is 0 Å². The van der Waals surface area contributed by atoms with Crippen molar-refractivity contribution in [2.45, 2.75) is 26.0 Å². The minimum absolute atomic E-state index is 0.298. The Bertz CT molecular complexity index is 303. The zero-order valence-corrected chi connectivity index (χ0v) is 11.9. The first-order chi connectivity index (χ1) is 8.72. The maximum Gasteiger partial charge on any atom is 0.0667 e. The summed E-state index contributed by atoms with van der Waals surface area (Å²) in [4.78, 5) is 2.36. The summed E-state index contributed by atoms with van der Waals surface area (Å²) in [7, 11) is 3.92. The predicted octanol–water partition coefficient (Wildman–Crippen LogP) is 2.13. The van der Waals surface area contributed by atoms with Gasteiger partial charge in [-0.15, -0.1) is 0 Å². The summed E-state index contributed by atoms with van der Waals surface area (Å²) in [5.74, 6) is 0. The zero-order chi connectivity index (χ0) is 13.2. The molecule has 0 heterocycles. The average Bonchev–Trinajstić information content (AvgIpc) is 2.39. The normalized spacial score (nSPS) is 12.9. The number of rotatable bonds is 9. The standard InChI is InChI=1S/C15H26N2O/c1-14(18-3)12-16-10-7-11-17(2)13-15-8-5-4-6-9-15/h4-6,8-9,14,16H,7,10-13H2,1-3H3. The Balaban J connectivity index is 2.05. The molecule has 0 fully saturated rings. The van der Waals surface area contributed by atoms with Crippen LogP contribution in [-0.4, -0.2) is 44.8 Å². The molecule has 1 aromatic rings. The van der Waals surface area contributed by atoms with Gasteiger partial charge in [-0.25, -0.2) is 0 Å². The second kappa shape index (κ2) is 9.09. The van der Waals surface area contributed by atoms with E-state index in [1.165, 1.54) is 12.0 Å². The second-order valence-electron chi connectivity index (χ2n) is 4.83. The van der Waals surface area contributed by atoms with Crippen LogP contribution in [0.4, 0.5) is 0 Å². The van der Waals surface area contributed by atoms with Crippen molar-refractivity contribution in [2.75, 3.05) is 33.8 Å². The van der Waals surface area contributed by atoms with Gasteiger partial charge in [0.05, 0.1) is 6.10 Å². The van der Waals surface area contributed by atoms with Gasteiger partial charge in [0.2, 0.25) is 0 Å². The Morgan fingerprint density at radius 3 is 2.67 bits per heavy atom. The topological polar surface area (TPSA) is 24.5 Å². The average molecular weight is 250 g/mol. The van der Waals surface area contributed by atoms with Crippen molar-refractivity contribution in [2.24, 2.45) is 0 Å². The molecule has 0 aromatic heterocycles. The number of nitrogens with zero attached hydrogens (tertiary/aromatic N) is 1. The van der Waals surface area contributed by atoms with E-state index < -0.39 is 0 Å². The fraction of sp³-hybridized carbons (Fsp3) is 0.600. The molecule has 0 bridgehead atoms. The zero-order valence-electron chi connectivity index (χ0n) is 11.9. The van der Waals surface area contributed by atoms with E-state index in [2.05, 4.69) is 54.5 Å². The number of hydrogen-bond donors (Lipinski definition) is 1. The molecule has 18 heavy (non-hydrogen) atoms. The van der Waals surface area contributed by atoms with Crippen LogP contribution in [-0.2, 0) is 11.3 Å². The van der Waals surface area contributed by atoms with E-state index in [1.807, 2.05) is 0 Å². The summed E-state index contributed by atoms with van der Waals surface area (Å²) >= 11 is 0. The van der Waals surface area contributed by atoms with Gasteiger partial charge in [0.25, 0.3) is 0 Å². The van der Waals surface area contributed by atoms with Crippen LogP contribution in [0, 0.1) is 0 Å². The van der Waals surface area contributed by atoms with E-state index in [1.54, 1.807) is 7.11 Å². The molecule has 3 heteroatoms. The molecule has 0 saturated carbocycles. The fourth-order valence-corrected chi connectivity index (χ4v) is 1.84. The third-order valence-electron chi connectivity index (χ3n) is 3.02. The number of ether oxygens (including phenoxy) is 1. The Morgan fingerprint density at radius 2 is 2.00 bits per heavy atom. The summed E-state index contributed by atoms with van der Waals surface area (Å²) in [6.45, 7) is 6.19. The monoisotopic (exact) mass is 250 g/mol. The van der Waals surface area contributed by atoms with E-state index >= 15 is 0 Å². The maximum absolute atomic E-state index is 5.18. The molecule has 1 atom stereocenters. The first kappa shape index (κ1) is 15.2. The highest BCUT2D eigenvalue weighted by molar-refractivity contribution is 5.14. The largest absolute Gasteiger partial charge is 0.380 e. The van der Waals surface area contributed by atoms with E-state index in [-0.39, 0.29) is 0 Å². The molecule has 0 amide bonds. The minimum Gasteiger partial charge on any atom is -0.380 e. The van der Waals surface area contributed by atoms with Crippen molar-refractivity contribution >= 4 is 0 Å². The minimum atomic E-state index is 0.298. The second-order valence-corrected chi connectivity index (χ2v) is 4.83. The van der Waals surface area contributed by atoms with Crippen molar-refractivity contribution in [3.63, 3.8) is 0 Å². The van der Waals surface area contributed by atoms with Gasteiger partial charge in [0.1, 0.15) is 0 Å². The lowest BCUT2D eigenvalue weighted by Crippen LogP contribution is -2.29. The quantitative estimate of drug-likeness (QED) is 0.680. The van der Waals surface area contributed by atoms with Gasteiger partial charge in [-0.3, -0.25) is 0 Å². The van der Waals surface area contributed by atoms with Crippen LogP contribution in [0.1, 0.15) is 18.9 Å². The maximum atomic E-state index is 5.18. The molecular formula is C15H26N2O. The Kier molecular flexibility index (Phi) is 7.65. The van der Waals surface area contributed by atoms with Crippen LogP contribution < -0.4 is 5.32 Å². The molecule has 0 aliphatic rings. The van der Waals surface area contributed by atoms with Crippen molar-refractivity contribution < 1.29 is 4.74 Å². The molecule has 1 rings (SSSR count). The van der Waals surface area contributed by atoms with Crippen LogP contribution in [0.15, 0.2) is 30.3 Å². The Hall–Kier alpha value is -0.900. The van der Waals surface area contributed by atoms with Crippen LogP contribution in [0.2, 0.25) is 0 Å². The van der Waals surface area contributed by atoms with Gasteiger partial charge in [-0.05, 0) is 39.0 Å². The third-order valence-corrected chi connectivity index (χ3v) is 3.02. The lowest BCUT2D eigenvalue weighted by atomic mass is 10.2. The Labute approximate surface area is 111 Å². The first-order valence-electron chi connectivity index (χ1n) is 6.68. The highest BCUT2D eigenvalue weighted by Crippen LogP contribution is 2.02. The van der Waals surface area contributed by atoms with Gasteiger partial charge < -0.3 is 15.0 Å². The molecule has 0 saturated heterocycles. The molecule has 1 aromatic carbocycles. The summed E-state index contributed by atoms with van der Waals surface area (Å²) in [5.41, 5.74) is 1.38. The molecule has 0 radical (unpaired) electrons. The predicted molar refractivity (Wildman–Crippen MR) is 76.7 cm³/mol. The van der Waals surface area contributed by atoms with Crippen molar-refractivity contribution in [1.82, 2.24) is 10.2 Å². The smallest absolute Gasteiger partial charge is 0.0667 e. The number of nitrogens with one attached hydrogen (secondary N) is 1. The number of benzene rings is 1. The highest BCUT2D eigenvalue weighted by Gasteiger charge is 2.00. The molecule has 0 spiro atoms. The van der Waals surface area contributed by atoms with Gasteiger partial charge >= 0.3 is 0 Å². The van der Waals surface area contributed by atoms with Crippen molar-refractivity contribution in [3.8, 4) is 0 Å². The van der Waals surface area contributed by atoms with Gasteiger partial charge in [0, 0.05) is 20.2 Å². The third kappa shape index (κ3) is 6.74. The molecule has 102 valence electrons. The first-order valence-corrected chi connectivity index (χ1v) is 6.68. The van der Waals surface area contributed by atoms with Gasteiger partial charge in [-0.2, -0.15) is 0 Å². The van der Waals surface area contributed by atoms with E-state index in [9.17, 15) is 0 Å². The van der Waals surface area contributed by atoms with Crippen LogP contribution >= 0.6 is 0 Å². The van der Waals surface area contributed by atoms with Gasteiger partial charge in [-0.1, -0.05) is 30.3 Å². The number of hydrogen-bond acceptors (Lipinski definition) is 3. The van der Waals surface area contributed by atoms with Crippen LogP contribution in [0.5, 0.6) is 0 Å². The SMILES string of the molecule is COC(C)CNCCCN(C)Cc1ccccc1. The van der Waals surface area contributed by atoms with Crippen molar-refractivity contribution in [3.05, 3.63) is 35.9 Å². The molecular weight excluding hydrogens is 224 g/mol. The van der Waals surface area contributed by atoms with Crippen molar-refractivity contribution in [1.29, 1.82) is 0 Å². The molecule has 1 N–H and O–H groups in total. The van der Waals surface area contributed by atoms with E-state index in [0.29, 0.717) is 6.10 Å². The summed E-state index contributed by atoms with van der Waals surface area (Å²) < 4.78 is 5.18. The fourth-order valence-electron chi connectivity index (χ4n) is 1.84. The lowest BCUT2D eigenvalue weighted by Gasteiger charge is -2.17. The van der Waals surface area contributed by atoms with Crippen LogP contribution in [0.3, 0.4) is 0 Å². The molecule has 0 aliphatic carbocycles. The Morgan fingerprint density at radius 1 is 1.28 bits per heavy atom. The summed E-state index contributed by atoms with van der Waals surface area (Å²) in [5, 5.41) is 3.40. The molecule has 1 unspecified atom stereocenters. The van der Waals surface area contributed by atoms with Gasteiger partial charge in [0.15, 0.2) is 0 Å². The molecule has 3 nitrogen and oxygen atoms in total. The summed E-state index contributed by atoms with van der Waals surface area (Å²) in [6.07, 6.45) is 1.46. The van der Waals surface area contributed by atoms with E-state index in [0.717, 1.165) is 26.2 Å². The number of methoxy groups -OCH3 is 1. The summed E-state index contributed by atoms with van der Waals surface area (Å²) in [6, 6.07) is 10.6. The highest BCUT2D eigenvalue weighted by atomic mass is 16.5. The molecule has 0 aliphatic heterocycles. The van der Waals surface area contributed by atoms with E-state index in [4.69, 9.17) is 4.74 Å². The lowest BCUT2D eigenvalue weighted by molar-refractivity contribution is 0.117.